The van der Waals surface area contributed by atoms with E-state index in [1.54, 1.807) is 0 Å². The Bertz CT molecular complexity index is 30.0. The summed E-state index contributed by atoms with van der Waals surface area (Å²) in [6.07, 6.45) is 0. The fourth-order valence-corrected chi connectivity index (χ4v) is 0. The van der Waals surface area contributed by atoms with Crippen LogP contribution >= 0.6 is 0 Å². The van der Waals surface area contributed by atoms with Crippen LogP contribution in [-0.2, 0) is 0 Å². The number of hydrogen-bond acceptors (Lipinski definition) is 0. The first kappa shape index (κ1) is 0.888. The largest absolute Gasteiger partial charge is 0.0776 e. The van der Waals surface area contributed by atoms with Crippen molar-refractivity contribution in [1.82, 2.24) is 0 Å². The van der Waals surface area contributed by atoms with Crippen LogP contribution in [0.3, 0.4) is 0 Å². The number of hydrogen-bond donors (Lipinski definition) is 0. The molecule has 0 radical (unpaired) electrons. The third-order valence-electron chi connectivity index (χ3n) is 0. The second kappa shape index (κ2) is 80.0. The van der Waals surface area contributed by atoms with Crippen LogP contribution in [-0.4, -0.2) is 0 Å². The van der Waals surface area contributed by atoms with Gasteiger partial charge in [-0.15, -0.1) is 0 Å². The average molecular weight is 448 g/mol. The third-order valence-corrected chi connectivity index (χ3v) is 0. The summed E-state index contributed by atoms with van der Waals surface area (Å²) in [4.78, 5) is 0. The summed E-state index contributed by atoms with van der Waals surface area (Å²) in [5.74, 6) is 0. The molecule has 0 aliphatic rings. The van der Waals surface area contributed by atoms with Crippen LogP contribution in [0.25, 0.3) is 0 Å². The minimum atomic E-state index is 0. The van der Waals surface area contributed by atoms with Crippen LogP contribution in [0.2, 0.25) is 0 Å². The molecule has 94 valence electrons. The summed E-state index contributed by atoms with van der Waals surface area (Å²) in [6.45, 7) is 0. The van der Waals surface area contributed by atoms with E-state index in [1.165, 1.54) is 0 Å². The monoisotopic (exact) mass is 448 g/mol. The summed E-state index contributed by atoms with van der Waals surface area (Å²) >= 11 is 0. The van der Waals surface area contributed by atoms with Crippen molar-refractivity contribution in [2.24, 2.45) is 0 Å². The van der Waals surface area contributed by atoms with Gasteiger partial charge in [0.15, 0.2) is 0 Å². The second-order valence-electron chi connectivity index (χ2n) is 0. The van der Waals surface area contributed by atoms with Gasteiger partial charge in [0.1, 0.15) is 0 Å². The van der Waals surface area contributed by atoms with Crippen LogP contribution < -0.4 is 0 Å². The van der Waals surface area contributed by atoms with Crippen molar-refractivity contribution in [3.05, 3.63) is 0 Å². The third kappa shape index (κ3) is 45.0. The van der Waals surface area contributed by atoms with E-state index < -0.39 is 0 Å². The van der Waals surface area contributed by atoms with Crippen molar-refractivity contribution in [2.75, 3.05) is 0 Å². The summed E-state index contributed by atoms with van der Waals surface area (Å²) in [6, 6.07) is 0. The molecule has 0 saturated heterocycles. The Morgan fingerprint density at radius 1 is 0.571 bits per heavy atom. The van der Waals surface area contributed by atoms with Gasteiger partial charge in [0.05, 0.1) is 0 Å². The minimum Gasteiger partial charge on any atom is -0.0776 e. The quantitative estimate of drug-likeness (QED) is 0.356. The SMILES string of the molecule is C.C.C.C.C.C.[3HH].[3HH].[3H][3H].[3H][3H].[3H][3H].[3H][3H].[3H][3H].[3H][3H].[3H][3H].[3H][3H].[3H][3H].[3H][3H].[3H][3H].[3H][3H].[3H][3H].[3H][3H].[No]. The smallest absolute Gasteiger partial charge is 0 e. The molecule has 0 spiro atoms. The second-order valence-corrected chi connectivity index (χ2v) is 0. The van der Waals surface area contributed by atoms with Crippen LogP contribution in [0, 0.1) is 0 Å². The Kier molecular flexibility index (Phi) is 10.1. The topological polar surface area (TPSA) is 0 Å². The summed E-state index contributed by atoms with van der Waals surface area (Å²) in [5.41, 5.74) is 0. The molecule has 7 heavy (non-hydrogen) atoms. The van der Waals surface area contributed by atoms with E-state index in [9.17, 15) is 0 Å². The van der Waals surface area contributed by atoms with E-state index in [2.05, 4.69) is 0 Å². The fourth-order valence-electron chi connectivity index (χ4n) is 0. The van der Waals surface area contributed by atoms with E-state index >= 15 is 0 Å². The van der Waals surface area contributed by atoms with E-state index in [0.29, 0.717) is 0 Å². The molecule has 0 atom stereocenters. The molecule has 0 aromatic carbocycles. The van der Waals surface area contributed by atoms with Gasteiger partial charge in [-0.3, -0.25) is 0 Å². The molecule has 0 fully saturated rings. The molecule has 0 unspecified atom stereocenters. The van der Waals surface area contributed by atoms with Gasteiger partial charge in [-0.25, -0.2) is 0 Å². The zero-order chi connectivity index (χ0) is 28.0. The normalized spacial score (nSPS) is 16.0. The van der Waals surface area contributed by atoms with Gasteiger partial charge >= 0.3 is 0 Å². The first-order chi connectivity index (χ1) is 14.0. The molecule has 0 N–H and O–H groups in total. The molecule has 0 aliphatic heterocycles. The van der Waals surface area contributed by atoms with E-state index in [1.807, 2.05) is 0 Å². The first-order valence-electron chi connectivity index (χ1n) is 14.0. The first-order valence-corrected chi connectivity index (χ1v) is 0. The standard InChI is InChI=1S/6CH4.No.16H2/h6*1H4;;16*1H/i;;;;;;;14*1+2T;2*1+2. The molecule has 0 amide bonds. The summed E-state index contributed by atoms with van der Waals surface area (Å²) in [7, 11) is 0. The summed E-state index contributed by atoms with van der Waals surface area (Å²) in [5, 5.41) is 0. The van der Waals surface area contributed by atoms with Gasteiger partial charge < -0.3 is 0 Å². The predicted molar refractivity (Wildman–Crippen MR) is 74.2 cm³/mol. The molecule has 0 aromatic heterocycles. The maximum Gasteiger partial charge on any atom is 0 e. The van der Waals surface area contributed by atoms with E-state index in [4.69, 9.17) is 41.6 Å². The molecular weight excluding hydrogens is 331 g/mol. The Balaban J connectivity index is -0.00000000267. The van der Waals surface area contributed by atoms with E-state index in [-0.39, 0.29) is 47.4 Å². The van der Waals surface area contributed by atoms with Crippen LogP contribution in [0.1, 0.15) is 89.0 Å². The fraction of sp³-hybridized carbons (Fsp3) is 1.00. The molecule has 0 saturated carbocycles. The van der Waals surface area contributed by atoms with Crippen molar-refractivity contribution >= 4 is 0 Å². The van der Waals surface area contributed by atoms with Gasteiger partial charge in [0.2, 0.25) is 0 Å². The van der Waals surface area contributed by atoms with Crippen molar-refractivity contribution in [3.63, 3.8) is 0 Å². The average Bonchev–Trinajstić information content (AvgIpc) is 2.95. The molecule has 0 aromatic rings. The Labute approximate surface area is 91.8 Å². The molecule has 0 bridgehead atoms. The number of rotatable bonds is 0. The molecular formula is C6H56No. The zero-order valence-corrected chi connectivity index (χ0v) is 2.49. The zero-order valence-electron chi connectivity index (χ0n) is 28.3. The molecule has 0 nitrogen and oxygen atoms in total. The van der Waals surface area contributed by atoms with Crippen LogP contribution in [0.5, 0.6) is 0 Å². The van der Waals surface area contributed by atoms with E-state index in [0.717, 1.165) is 0 Å². The Hall–Kier alpha value is -1.00. The maximum atomic E-state index is 5.00. The van der Waals surface area contributed by atoms with Gasteiger partial charge in [0.25, 0.3) is 0 Å². The van der Waals surface area contributed by atoms with Gasteiger partial charge in [-0.2, -0.15) is 0 Å². The van der Waals surface area contributed by atoms with Crippen molar-refractivity contribution in [3.8, 4) is 0 Å². The van der Waals surface area contributed by atoms with Gasteiger partial charge in [-0.1, -0.05) is 44.6 Å². The molecule has 0 aliphatic carbocycles. The van der Waals surface area contributed by atoms with Crippen LogP contribution in [0.4, 0.5) is 0 Å². The van der Waals surface area contributed by atoms with Crippen molar-refractivity contribution in [1.29, 1.82) is 0 Å². The Morgan fingerprint density at radius 3 is 0.571 bits per heavy atom. The Morgan fingerprint density at radius 2 is 0.571 bits per heavy atom. The molecule has 0 rings (SSSR count). The van der Waals surface area contributed by atoms with Crippen LogP contribution in [0.15, 0.2) is 0 Å². The molecule has 1 heteroatoms. The minimum absolute atomic E-state index is 0. The van der Waals surface area contributed by atoms with Gasteiger partial charge in [0, 0.05) is 44.4 Å². The molecule has 0 heterocycles. The van der Waals surface area contributed by atoms with Gasteiger partial charge in [-0.05, 0) is 0 Å². The van der Waals surface area contributed by atoms with Crippen molar-refractivity contribution < 1.29 is 44.4 Å². The van der Waals surface area contributed by atoms with Crippen molar-refractivity contribution in [2.45, 2.75) is 44.6 Å². The summed E-state index contributed by atoms with van der Waals surface area (Å²) < 4.78 is 140. The predicted octanol–water partition coefficient (Wildman–Crippen LogP) is 7.75. The maximum absolute atomic E-state index is 5.00.